The second-order valence-electron chi connectivity index (χ2n) is 6.95. The molecule has 2 rings (SSSR count). The van der Waals surface area contributed by atoms with Crippen LogP contribution in [0.15, 0.2) is 29.3 Å². The van der Waals surface area contributed by atoms with Gasteiger partial charge in [0.25, 0.3) is 0 Å². The van der Waals surface area contributed by atoms with Crippen LogP contribution in [0.4, 0.5) is 0 Å². The number of nitrogens with one attached hydrogen (secondary N) is 1. The summed E-state index contributed by atoms with van der Waals surface area (Å²) >= 11 is 0. The predicted octanol–water partition coefficient (Wildman–Crippen LogP) is 1.88. The summed E-state index contributed by atoms with van der Waals surface area (Å²) in [5, 5.41) is 3.12. The Kier molecular flexibility index (Phi) is 11.1. The molecule has 6 nitrogen and oxygen atoms in total. The lowest BCUT2D eigenvalue weighted by Gasteiger charge is -2.20. The Balaban J connectivity index is 0.00000338. The first-order valence-corrected chi connectivity index (χ1v) is 9.11. The van der Waals surface area contributed by atoms with Crippen LogP contribution in [0.1, 0.15) is 24.5 Å². The molecule has 1 heterocycles. The molecule has 1 aliphatic rings. The van der Waals surface area contributed by atoms with E-state index in [9.17, 15) is 0 Å². The summed E-state index contributed by atoms with van der Waals surface area (Å²) in [4.78, 5) is 9.34. The van der Waals surface area contributed by atoms with Gasteiger partial charge in [-0.1, -0.05) is 24.3 Å². The Morgan fingerprint density at radius 1 is 1.19 bits per heavy atom. The van der Waals surface area contributed by atoms with E-state index in [0.29, 0.717) is 19.1 Å². The quantitative estimate of drug-likeness (QED) is 0.358. The first kappa shape index (κ1) is 23.1. The number of ether oxygens (including phenoxy) is 1. The van der Waals surface area contributed by atoms with E-state index in [4.69, 9.17) is 10.5 Å². The van der Waals surface area contributed by atoms with Crippen molar-refractivity contribution >= 4 is 29.9 Å². The van der Waals surface area contributed by atoms with Crippen LogP contribution in [0.2, 0.25) is 0 Å². The van der Waals surface area contributed by atoms with Gasteiger partial charge < -0.3 is 20.7 Å². The van der Waals surface area contributed by atoms with Crippen LogP contribution in [0.25, 0.3) is 0 Å². The summed E-state index contributed by atoms with van der Waals surface area (Å²) in [6.45, 7) is 8.91. The first-order valence-electron chi connectivity index (χ1n) is 9.11. The highest BCUT2D eigenvalue weighted by molar-refractivity contribution is 14.0. The molecule has 1 atom stereocenters. The number of nitrogens with two attached hydrogens (primary N) is 1. The van der Waals surface area contributed by atoms with Crippen molar-refractivity contribution in [2.24, 2.45) is 10.7 Å². The van der Waals surface area contributed by atoms with Crippen molar-refractivity contribution in [2.45, 2.75) is 32.5 Å². The molecule has 1 aliphatic heterocycles. The molecule has 1 aromatic carbocycles. The van der Waals surface area contributed by atoms with Crippen LogP contribution in [-0.2, 0) is 17.8 Å². The van der Waals surface area contributed by atoms with Crippen LogP contribution in [0.5, 0.6) is 0 Å². The summed E-state index contributed by atoms with van der Waals surface area (Å²) in [5.41, 5.74) is 8.43. The molecule has 0 bridgehead atoms. The minimum atomic E-state index is 0. The number of hydrogen-bond donors (Lipinski definition) is 2. The number of aliphatic imine (C=N–C) groups is 1. The van der Waals surface area contributed by atoms with Crippen molar-refractivity contribution in [1.82, 2.24) is 15.1 Å². The van der Waals surface area contributed by atoms with Gasteiger partial charge in [0.1, 0.15) is 0 Å². The topological polar surface area (TPSA) is 66.1 Å². The Hall–Kier alpha value is -0.900. The Labute approximate surface area is 175 Å². The van der Waals surface area contributed by atoms with Gasteiger partial charge in [0.05, 0.1) is 13.2 Å². The lowest BCUT2D eigenvalue weighted by molar-refractivity contribution is 0.179. The van der Waals surface area contributed by atoms with E-state index in [0.717, 1.165) is 19.6 Å². The molecule has 0 saturated carbocycles. The molecule has 1 saturated heterocycles. The fraction of sp³-hybridized carbons (Fsp3) is 0.632. The average Bonchev–Trinajstić information content (AvgIpc) is 2.79. The van der Waals surface area contributed by atoms with Gasteiger partial charge in [0.2, 0.25) is 0 Å². The number of nitrogens with zero attached hydrogens (tertiary/aromatic N) is 3. The van der Waals surface area contributed by atoms with Crippen LogP contribution < -0.4 is 11.1 Å². The van der Waals surface area contributed by atoms with Gasteiger partial charge in [0, 0.05) is 32.8 Å². The number of guanidine groups is 1. The molecule has 1 aromatic rings. The smallest absolute Gasteiger partial charge is 0.189 e. The van der Waals surface area contributed by atoms with Crippen molar-refractivity contribution in [3.05, 3.63) is 35.4 Å². The van der Waals surface area contributed by atoms with E-state index in [2.05, 4.69) is 51.4 Å². The number of likely N-dealkylation sites (N-methyl/N-ethyl adjacent to an activating group) is 1. The maximum absolute atomic E-state index is 5.91. The predicted molar refractivity (Wildman–Crippen MR) is 119 cm³/mol. The average molecular weight is 475 g/mol. The molecular formula is C19H34IN5O. The van der Waals surface area contributed by atoms with Crippen LogP contribution in [0, 0.1) is 0 Å². The van der Waals surface area contributed by atoms with Gasteiger partial charge in [-0.25, -0.2) is 4.99 Å². The molecule has 0 spiro atoms. The molecule has 7 heteroatoms. The van der Waals surface area contributed by atoms with Gasteiger partial charge in [0.15, 0.2) is 5.96 Å². The Bertz CT molecular complexity index is 537. The van der Waals surface area contributed by atoms with E-state index in [-0.39, 0.29) is 30.0 Å². The zero-order chi connectivity index (χ0) is 18.1. The monoisotopic (exact) mass is 475 g/mol. The SMILES string of the molecule is COCC(C)NC(N)=NCc1ccc(CN2CCCN(C)CC2)cc1.I. The summed E-state index contributed by atoms with van der Waals surface area (Å²) in [6.07, 6.45) is 1.25. The fourth-order valence-corrected chi connectivity index (χ4v) is 3.03. The fourth-order valence-electron chi connectivity index (χ4n) is 3.03. The number of rotatable bonds is 7. The van der Waals surface area contributed by atoms with Crippen LogP contribution >= 0.6 is 24.0 Å². The van der Waals surface area contributed by atoms with Crippen LogP contribution in [-0.4, -0.2) is 68.7 Å². The highest BCUT2D eigenvalue weighted by Gasteiger charge is 2.12. The van der Waals surface area contributed by atoms with Crippen molar-refractivity contribution in [2.75, 3.05) is 46.9 Å². The second-order valence-corrected chi connectivity index (χ2v) is 6.95. The van der Waals surface area contributed by atoms with Gasteiger partial charge in [-0.3, -0.25) is 4.90 Å². The summed E-state index contributed by atoms with van der Waals surface area (Å²) < 4.78 is 5.08. The summed E-state index contributed by atoms with van der Waals surface area (Å²) in [5.74, 6) is 0.460. The second kappa shape index (κ2) is 12.5. The van der Waals surface area contributed by atoms with Crippen molar-refractivity contribution in [3.8, 4) is 0 Å². The van der Waals surface area contributed by atoms with Crippen LogP contribution in [0.3, 0.4) is 0 Å². The molecule has 148 valence electrons. The third-order valence-electron chi connectivity index (χ3n) is 4.48. The van der Waals surface area contributed by atoms with Gasteiger partial charge >= 0.3 is 0 Å². The molecule has 1 unspecified atom stereocenters. The molecular weight excluding hydrogens is 441 g/mol. The van der Waals surface area contributed by atoms with Gasteiger partial charge in [-0.05, 0) is 44.6 Å². The van der Waals surface area contributed by atoms with E-state index in [1.807, 2.05) is 6.92 Å². The Morgan fingerprint density at radius 3 is 2.58 bits per heavy atom. The summed E-state index contributed by atoms with van der Waals surface area (Å²) in [6, 6.07) is 8.86. The number of hydrogen-bond acceptors (Lipinski definition) is 4. The molecule has 1 fully saturated rings. The number of methoxy groups -OCH3 is 1. The first-order chi connectivity index (χ1) is 12.1. The van der Waals surface area contributed by atoms with Gasteiger partial charge in [-0.2, -0.15) is 0 Å². The Morgan fingerprint density at radius 2 is 1.88 bits per heavy atom. The minimum Gasteiger partial charge on any atom is -0.383 e. The lowest BCUT2D eigenvalue weighted by atomic mass is 10.1. The highest BCUT2D eigenvalue weighted by Crippen LogP contribution is 2.10. The number of halogens is 1. The lowest BCUT2D eigenvalue weighted by Crippen LogP contribution is -2.40. The minimum absolute atomic E-state index is 0. The molecule has 26 heavy (non-hydrogen) atoms. The summed E-state index contributed by atoms with van der Waals surface area (Å²) in [7, 11) is 3.88. The van der Waals surface area contributed by atoms with E-state index < -0.39 is 0 Å². The van der Waals surface area contributed by atoms with Crippen molar-refractivity contribution < 1.29 is 4.74 Å². The third kappa shape index (κ3) is 8.66. The van der Waals surface area contributed by atoms with Gasteiger partial charge in [-0.15, -0.1) is 24.0 Å². The van der Waals surface area contributed by atoms with E-state index in [1.54, 1.807) is 7.11 Å². The van der Waals surface area contributed by atoms with Crippen molar-refractivity contribution in [3.63, 3.8) is 0 Å². The van der Waals surface area contributed by atoms with Crippen molar-refractivity contribution in [1.29, 1.82) is 0 Å². The molecule has 0 aromatic heterocycles. The zero-order valence-electron chi connectivity index (χ0n) is 16.3. The largest absolute Gasteiger partial charge is 0.383 e. The molecule has 0 radical (unpaired) electrons. The maximum atomic E-state index is 5.91. The van der Waals surface area contributed by atoms with E-state index in [1.165, 1.54) is 30.6 Å². The highest BCUT2D eigenvalue weighted by atomic mass is 127. The maximum Gasteiger partial charge on any atom is 0.189 e. The molecule has 3 N–H and O–H groups in total. The normalized spacial score (nSPS) is 18.0. The molecule has 0 amide bonds. The van der Waals surface area contributed by atoms with E-state index >= 15 is 0 Å². The standard InChI is InChI=1S/C19H33N5O.HI/c1-16(15-25-3)22-19(20)21-13-17-5-7-18(8-6-17)14-24-10-4-9-23(2)11-12-24;/h5-8,16H,4,9-15H2,1-3H3,(H3,20,21,22);1H. The third-order valence-corrected chi connectivity index (χ3v) is 4.48. The zero-order valence-corrected chi connectivity index (χ0v) is 18.6. The number of benzene rings is 1. The molecule has 0 aliphatic carbocycles.